The molecular formula is C17H25N3O3. The molecule has 0 atom stereocenters. The van der Waals surface area contributed by atoms with Crippen molar-refractivity contribution in [1.82, 2.24) is 14.8 Å². The van der Waals surface area contributed by atoms with E-state index in [0.717, 1.165) is 65.4 Å². The molecule has 6 nitrogen and oxygen atoms in total. The van der Waals surface area contributed by atoms with Gasteiger partial charge in [0.05, 0.1) is 18.8 Å². The maximum atomic E-state index is 12.9. The van der Waals surface area contributed by atoms with E-state index in [4.69, 9.17) is 9.47 Å². The van der Waals surface area contributed by atoms with E-state index in [2.05, 4.69) is 9.88 Å². The zero-order valence-corrected chi connectivity index (χ0v) is 13.5. The number of rotatable bonds is 5. The van der Waals surface area contributed by atoms with Gasteiger partial charge in [0.15, 0.2) is 0 Å². The Labute approximate surface area is 137 Å². The van der Waals surface area contributed by atoms with E-state index in [-0.39, 0.29) is 11.9 Å². The lowest BCUT2D eigenvalue weighted by molar-refractivity contribution is 0.0141. The fourth-order valence-electron chi connectivity index (χ4n) is 3.18. The Hall–Kier alpha value is -1.50. The number of carbonyl (C=O) groups is 1. The summed E-state index contributed by atoms with van der Waals surface area (Å²) in [6, 6.07) is 3.92. The third-order valence-corrected chi connectivity index (χ3v) is 4.56. The van der Waals surface area contributed by atoms with Crippen molar-refractivity contribution < 1.29 is 14.3 Å². The molecule has 23 heavy (non-hydrogen) atoms. The summed E-state index contributed by atoms with van der Waals surface area (Å²) in [5, 5.41) is 0. The number of morpholine rings is 1. The van der Waals surface area contributed by atoms with Crippen molar-refractivity contribution >= 4 is 5.91 Å². The number of nitrogens with zero attached hydrogens (tertiary/aromatic N) is 3. The molecule has 0 aromatic carbocycles. The molecule has 0 radical (unpaired) electrons. The molecule has 0 bridgehead atoms. The Balaban J connectivity index is 1.66. The monoisotopic (exact) mass is 319 g/mol. The Morgan fingerprint density at radius 1 is 1.22 bits per heavy atom. The fourth-order valence-corrected chi connectivity index (χ4v) is 3.18. The molecule has 2 aliphatic rings. The molecule has 0 aliphatic carbocycles. The molecule has 1 aromatic heterocycles. The Kier molecular flexibility index (Phi) is 5.96. The number of hydrogen-bond donors (Lipinski definition) is 0. The van der Waals surface area contributed by atoms with Gasteiger partial charge in [-0.3, -0.25) is 14.7 Å². The van der Waals surface area contributed by atoms with Crippen molar-refractivity contribution in [3.63, 3.8) is 0 Å². The van der Waals surface area contributed by atoms with Crippen LogP contribution < -0.4 is 0 Å². The largest absolute Gasteiger partial charge is 0.381 e. The lowest BCUT2D eigenvalue weighted by Gasteiger charge is -2.36. The molecule has 126 valence electrons. The van der Waals surface area contributed by atoms with Gasteiger partial charge in [0.1, 0.15) is 0 Å². The smallest absolute Gasteiger partial charge is 0.255 e. The highest BCUT2D eigenvalue weighted by Crippen LogP contribution is 2.17. The minimum Gasteiger partial charge on any atom is -0.381 e. The first-order valence-electron chi connectivity index (χ1n) is 8.43. The molecule has 2 saturated heterocycles. The highest BCUT2D eigenvalue weighted by molar-refractivity contribution is 5.94. The first kappa shape index (κ1) is 16.4. The highest BCUT2D eigenvalue weighted by Gasteiger charge is 2.27. The Bertz CT molecular complexity index is 485. The summed E-state index contributed by atoms with van der Waals surface area (Å²) in [4.78, 5) is 21.4. The summed E-state index contributed by atoms with van der Waals surface area (Å²) in [5.74, 6) is 0.0817. The SMILES string of the molecule is O=C(c1cccnc1)N(CCN1CCOCC1)C1CCOCC1. The van der Waals surface area contributed by atoms with Crippen LogP contribution in [0.3, 0.4) is 0 Å². The molecular weight excluding hydrogens is 294 g/mol. The second-order valence-corrected chi connectivity index (χ2v) is 6.04. The topological polar surface area (TPSA) is 54.9 Å². The predicted molar refractivity (Wildman–Crippen MR) is 86.4 cm³/mol. The van der Waals surface area contributed by atoms with Crippen LogP contribution in [0.1, 0.15) is 23.2 Å². The Morgan fingerprint density at radius 3 is 2.65 bits per heavy atom. The van der Waals surface area contributed by atoms with Crippen molar-refractivity contribution in [2.75, 3.05) is 52.6 Å². The standard InChI is InChI=1S/C17H25N3O3/c21-17(15-2-1-5-18-14-15)20(16-3-10-22-11-4-16)7-6-19-8-12-23-13-9-19/h1-2,5,14,16H,3-4,6-13H2. The van der Waals surface area contributed by atoms with Crippen LogP contribution in [-0.2, 0) is 9.47 Å². The molecule has 0 N–H and O–H groups in total. The number of ether oxygens (including phenoxy) is 2. The van der Waals surface area contributed by atoms with Gasteiger partial charge in [-0.15, -0.1) is 0 Å². The highest BCUT2D eigenvalue weighted by atomic mass is 16.5. The average Bonchev–Trinajstić information content (AvgIpc) is 2.64. The van der Waals surface area contributed by atoms with E-state index >= 15 is 0 Å². The third kappa shape index (κ3) is 4.50. The minimum atomic E-state index is 0.0817. The molecule has 2 aliphatic heterocycles. The van der Waals surface area contributed by atoms with Crippen LogP contribution in [-0.4, -0.2) is 79.3 Å². The number of hydrogen-bond acceptors (Lipinski definition) is 5. The zero-order valence-electron chi connectivity index (χ0n) is 13.5. The molecule has 2 fully saturated rings. The van der Waals surface area contributed by atoms with E-state index in [1.807, 2.05) is 17.0 Å². The molecule has 3 heterocycles. The average molecular weight is 319 g/mol. The van der Waals surface area contributed by atoms with Gasteiger partial charge in [-0.05, 0) is 25.0 Å². The minimum absolute atomic E-state index is 0.0817. The molecule has 0 saturated carbocycles. The number of pyridine rings is 1. The second-order valence-electron chi connectivity index (χ2n) is 6.04. The summed E-state index contributed by atoms with van der Waals surface area (Å²) in [7, 11) is 0. The molecule has 1 amide bonds. The van der Waals surface area contributed by atoms with Gasteiger partial charge >= 0.3 is 0 Å². The summed E-state index contributed by atoms with van der Waals surface area (Å²) in [6.45, 7) is 6.58. The maximum absolute atomic E-state index is 12.9. The van der Waals surface area contributed by atoms with Crippen LogP contribution in [0.15, 0.2) is 24.5 Å². The first-order chi connectivity index (χ1) is 11.3. The maximum Gasteiger partial charge on any atom is 0.255 e. The zero-order chi connectivity index (χ0) is 15.9. The van der Waals surface area contributed by atoms with Crippen LogP contribution in [0.25, 0.3) is 0 Å². The van der Waals surface area contributed by atoms with Crippen LogP contribution in [0, 0.1) is 0 Å². The molecule has 0 spiro atoms. The van der Waals surface area contributed by atoms with E-state index in [0.29, 0.717) is 5.56 Å². The fraction of sp³-hybridized carbons (Fsp3) is 0.647. The van der Waals surface area contributed by atoms with Crippen molar-refractivity contribution in [1.29, 1.82) is 0 Å². The number of aromatic nitrogens is 1. The van der Waals surface area contributed by atoms with Crippen molar-refractivity contribution in [2.24, 2.45) is 0 Å². The van der Waals surface area contributed by atoms with Gasteiger partial charge in [0, 0.05) is 57.8 Å². The predicted octanol–water partition coefficient (Wildman–Crippen LogP) is 1.03. The van der Waals surface area contributed by atoms with Crippen LogP contribution in [0.2, 0.25) is 0 Å². The normalized spacial score (nSPS) is 20.3. The summed E-state index contributed by atoms with van der Waals surface area (Å²) >= 11 is 0. The van der Waals surface area contributed by atoms with Gasteiger partial charge in [-0.2, -0.15) is 0 Å². The van der Waals surface area contributed by atoms with Crippen LogP contribution >= 0.6 is 0 Å². The lowest BCUT2D eigenvalue weighted by atomic mass is 10.1. The number of carbonyl (C=O) groups excluding carboxylic acids is 1. The van der Waals surface area contributed by atoms with Gasteiger partial charge in [-0.25, -0.2) is 0 Å². The van der Waals surface area contributed by atoms with E-state index < -0.39 is 0 Å². The number of amides is 1. The third-order valence-electron chi connectivity index (χ3n) is 4.56. The lowest BCUT2D eigenvalue weighted by Crippen LogP contribution is -2.48. The first-order valence-corrected chi connectivity index (χ1v) is 8.43. The molecule has 3 rings (SSSR count). The van der Waals surface area contributed by atoms with Crippen molar-refractivity contribution in [2.45, 2.75) is 18.9 Å². The quantitative estimate of drug-likeness (QED) is 0.811. The van der Waals surface area contributed by atoms with Gasteiger partial charge in [0.25, 0.3) is 5.91 Å². The van der Waals surface area contributed by atoms with E-state index in [1.165, 1.54) is 0 Å². The van der Waals surface area contributed by atoms with Gasteiger partial charge in [-0.1, -0.05) is 0 Å². The second kappa shape index (κ2) is 8.38. The van der Waals surface area contributed by atoms with E-state index in [1.54, 1.807) is 12.4 Å². The summed E-state index contributed by atoms with van der Waals surface area (Å²) < 4.78 is 10.8. The van der Waals surface area contributed by atoms with Gasteiger partial charge in [0.2, 0.25) is 0 Å². The summed E-state index contributed by atoms with van der Waals surface area (Å²) in [5.41, 5.74) is 0.668. The molecule has 0 unspecified atom stereocenters. The summed E-state index contributed by atoms with van der Waals surface area (Å²) in [6.07, 6.45) is 5.18. The van der Waals surface area contributed by atoms with Crippen molar-refractivity contribution in [3.8, 4) is 0 Å². The molecule has 1 aromatic rings. The van der Waals surface area contributed by atoms with E-state index in [9.17, 15) is 4.79 Å². The molecule has 6 heteroatoms. The Morgan fingerprint density at radius 2 is 1.96 bits per heavy atom. The van der Waals surface area contributed by atoms with Gasteiger partial charge < -0.3 is 14.4 Å². The van der Waals surface area contributed by atoms with Crippen LogP contribution in [0.4, 0.5) is 0 Å². The van der Waals surface area contributed by atoms with Crippen molar-refractivity contribution in [3.05, 3.63) is 30.1 Å². The van der Waals surface area contributed by atoms with Crippen LogP contribution in [0.5, 0.6) is 0 Å².